The lowest BCUT2D eigenvalue weighted by Crippen LogP contribution is -2.36. The number of aromatic carboxylic acids is 1. The molecule has 168 valence electrons. The molecule has 0 amide bonds. The Bertz CT molecular complexity index is 1060. The van der Waals surface area contributed by atoms with E-state index in [0.29, 0.717) is 18.8 Å². The van der Waals surface area contributed by atoms with Crippen LogP contribution in [0.15, 0.2) is 46.8 Å². The molecule has 2 aromatic carbocycles. The zero-order valence-corrected chi connectivity index (χ0v) is 19.4. The maximum absolute atomic E-state index is 14.1. The van der Waals surface area contributed by atoms with Crippen molar-refractivity contribution in [2.75, 3.05) is 27.2 Å². The highest BCUT2D eigenvalue weighted by Gasteiger charge is 2.33. The summed E-state index contributed by atoms with van der Waals surface area (Å²) in [5.41, 5.74) is 3.01. The van der Waals surface area contributed by atoms with Gasteiger partial charge in [0.05, 0.1) is 11.3 Å². The first-order valence-corrected chi connectivity index (χ1v) is 11.9. The van der Waals surface area contributed by atoms with Crippen molar-refractivity contribution < 1.29 is 18.3 Å². The van der Waals surface area contributed by atoms with E-state index < -0.39 is 16.2 Å². The van der Waals surface area contributed by atoms with Crippen LogP contribution in [0.5, 0.6) is 5.75 Å². The lowest BCUT2D eigenvalue weighted by atomic mass is 10.0. The number of carboxylic acid groups (broad SMARTS) is 1. The van der Waals surface area contributed by atoms with E-state index in [1.807, 2.05) is 39.2 Å². The van der Waals surface area contributed by atoms with Gasteiger partial charge in [-0.1, -0.05) is 25.5 Å². The summed E-state index contributed by atoms with van der Waals surface area (Å²) in [6.07, 6.45) is 2.89. The molecule has 3 rings (SSSR count). The number of carboxylic acids is 1. The molecule has 1 saturated heterocycles. The van der Waals surface area contributed by atoms with E-state index in [1.54, 1.807) is 16.4 Å². The number of hydrogen-bond acceptors (Lipinski definition) is 5. The molecule has 0 aromatic heterocycles. The van der Waals surface area contributed by atoms with Gasteiger partial charge in [0.2, 0.25) is 0 Å². The van der Waals surface area contributed by atoms with Gasteiger partial charge in [-0.2, -0.15) is 12.9 Å². The molecular weight excluding hydrogens is 414 g/mol. The molecule has 1 fully saturated rings. The topological polar surface area (TPSA) is 82.4 Å². The summed E-state index contributed by atoms with van der Waals surface area (Å²) in [4.78, 5) is 13.4. The molecule has 1 heterocycles. The SMILES string of the molecule is CCCc1ccc(N=S(=O)(Oc2cccc(C(=O)O)c2)N2CC[C@H](N(C)C)C2)cc1C. The van der Waals surface area contributed by atoms with Gasteiger partial charge in [0.25, 0.3) is 10.2 Å². The normalized spacial score (nSPS) is 18.7. The molecule has 31 heavy (non-hydrogen) atoms. The molecule has 1 aliphatic rings. The fourth-order valence-corrected chi connectivity index (χ4v) is 5.39. The number of nitrogens with zero attached hydrogens (tertiary/aromatic N) is 3. The van der Waals surface area contributed by atoms with Gasteiger partial charge in [0.15, 0.2) is 0 Å². The van der Waals surface area contributed by atoms with Gasteiger partial charge in [-0.25, -0.2) is 4.79 Å². The van der Waals surface area contributed by atoms with Crippen molar-refractivity contribution in [1.29, 1.82) is 0 Å². The number of rotatable bonds is 8. The molecule has 1 aliphatic heterocycles. The van der Waals surface area contributed by atoms with Crippen molar-refractivity contribution in [3.63, 3.8) is 0 Å². The quantitative estimate of drug-likeness (QED) is 0.655. The lowest BCUT2D eigenvalue weighted by molar-refractivity contribution is 0.0696. The molecule has 7 nitrogen and oxygen atoms in total. The summed E-state index contributed by atoms with van der Waals surface area (Å²) in [6.45, 7) is 5.30. The van der Waals surface area contributed by atoms with Gasteiger partial charge in [-0.15, -0.1) is 0 Å². The molecule has 0 aliphatic carbocycles. The molecule has 0 radical (unpaired) electrons. The van der Waals surface area contributed by atoms with Crippen molar-refractivity contribution in [2.24, 2.45) is 4.36 Å². The van der Waals surface area contributed by atoms with Crippen LogP contribution in [0.3, 0.4) is 0 Å². The van der Waals surface area contributed by atoms with E-state index in [2.05, 4.69) is 16.2 Å². The van der Waals surface area contributed by atoms with E-state index in [9.17, 15) is 14.1 Å². The van der Waals surface area contributed by atoms with Gasteiger partial charge in [-0.05, 0) is 75.3 Å². The van der Waals surface area contributed by atoms with Crippen LogP contribution in [0, 0.1) is 6.92 Å². The van der Waals surface area contributed by atoms with Gasteiger partial charge in [-0.3, -0.25) is 0 Å². The first kappa shape index (κ1) is 23.2. The summed E-state index contributed by atoms with van der Waals surface area (Å²) in [5, 5.41) is 9.28. The fourth-order valence-electron chi connectivity index (χ4n) is 3.70. The predicted molar refractivity (Wildman–Crippen MR) is 123 cm³/mol. The number of benzene rings is 2. The maximum atomic E-state index is 14.1. The van der Waals surface area contributed by atoms with Crippen LogP contribution in [0.4, 0.5) is 5.69 Å². The first-order valence-electron chi connectivity index (χ1n) is 10.5. The number of aryl methyl sites for hydroxylation is 2. The zero-order valence-electron chi connectivity index (χ0n) is 18.6. The smallest absolute Gasteiger partial charge is 0.335 e. The molecule has 2 aromatic rings. The Morgan fingerprint density at radius 2 is 2.06 bits per heavy atom. The molecular formula is C23H31N3O4S. The molecule has 0 bridgehead atoms. The van der Waals surface area contributed by atoms with Crippen LogP contribution in [0.25, 0.3) is 0 Å². The minimum absolute atomic E-state index is 0.0756. The molecule has 2 atom stereocenters. The maximum Gasteiger partial charge on any atom is 0.335 e. The minimum Gasteiger partial charge on any atom is -0.478 e. The summed E-state index contributed by atoms with van der Waals surface area (Å²) in [7, 11) is 0.715. The van der Waals surface area contributed by atoms with E-state index >= 15 is 0 Å². The average Bonchev–Trinajstić information content (AvgIpc) is 3.22. The average molecular weight is 446 g/mol. The number of hydrogen-bond donors (Lipinski definition) is 1. The summed E-state index contributed by atoms with van der Waals surface area (Å²) in [6, 6.07) is 12.1. The third-order valence-corrected chi connectivity index (χ3v) is 7.37. The highest BCUT2D eigenvalue weighted by Crippen LogP contribution is 2.28. The van der Waals surface area contributed by atoms with Crippen LogP contribution in [-0.2, 0) is 16.6 Å². The van der Waals surface area contributed by atoms with Gasteiger partial charge < -0.3 is 14.2 Å². The third-order valence-electron chi connectivity index (χ3n) is 5.53. The standard InChI is InChI=1S/C23H31N3O4S/c1-5-7-18-10-11-20(14-17(18)2)24-31(29,26-13-12-21(16-26)25(3)4)30-22-9-6-8-19(15-22)23(27)28/h6,8-11,14-15,21H,5,7,12-13,16H2,1-4H3,(H,27,28)/t21-,31?/m0/s1. The molecule has 1 N–H and O–H groups in total. The second kappa shape index (κ2) is 9.80. The van der Waals surface area contributed by atoms with Crippen molar-refractivity contribution in [3.05, 3.63) is 59.2 Å². The van der Waals surface area contributed by atoms with Gasteiger partial charge >= 0.3 is 5.97 Å². The van der Waals surface area contributed by atoms with Crippen molar-refractivity contribution >= 4 is 21.9 Å². The molecule has 0 saturated carbocycles. The van der Waals surface area contributed by atoms with E-state index in [0.717, 1.165) is 24.8 Å². The van der Waals surface area contributed by atoms with Gasteiger partial charge in [0, 0.05) is 19.1 Å². The molecule has 0 spiro atoms. The number of carbonyl (C=O) groups is 1. The highest BCUT2D eigenvalue weighted by molar-refractivity contribution is 7.87. The highest BCUT2D eigenvalue weighted by atomic mass is 32.2. The second-order valence-electron chi connectivity index (χ2n) is 8.11. The lowest BCUT2D eigenvalue weighted by Gasteiger charge is -2.23. The summed E-state index contributed by atoms with van der Waals surface area (Å²) in [5.74, 6) is -0.842. The van der Waals surface area contributed by atoms with Crippen molar-refractivity contribution in [1.82, 2.24) is 9.21 Å². The largest absolute Gasteiger partial charge is 0.478 e. The van der Waals surface area contributed by atoms with Crippen LogP contribution in [0.1, 0.15) is 41.3 Å². The Labute approximate surface area is 185 Å². The molecule has 8 heteroatoms. The Kier molecular flexibility index (Phi) is 7.35. The van der Waals surface area contributed by atoms with Crippen LogP contribution >= 0.6 is 0 Å². The van der Waals surface area contributed by atoms with Crippen molar-refractivity contribution in [2.45, 2.75) is 39.2 Å². The van der Waals surface area contributed by atoms with Crippen LogP contribution < -0.4 is 4.18 Å². The number of likely N-dealkylation sites (N-methyl/N-ethyl adjacent to an activating group) is 1. The minimum atomic E-state index is -3.29. The summed E-state index contributed by atoms with van der Waals surface area (Å²) >= 11 is 0. The second-order valence-corrected chi connectivity index (χ2v) is 9.87. The predicted octanol–water partition coefficient (Wildman–Crippen LogP) is 4.29. The van der Waals surface area contributed by atoms with E-state index in [1.165, 1.54) is 17.7 Å². The molecule has 1 unspecified atom stereocenters. The van der Waals surface area contributed by atoms with Crippen LogP contribution in [0.2, 0.25) is 0 Å². The van der Waals surface area contributed by atoms with Crippen LogP contribution in [-0.4, -0.2) is 57.7 Å². The third kappa shape index (κ3) is 5.64. The Hall–Kier alpha value is -2.42. The zero-order chi connectivity index (χ0) is 22.6. The van der Waals surface area contributed by atoms with Crippen molar-refractivity contribution in [3.8, 4) is 5.75 Å². The van der Waals surface area contributed by atoms with E-state index in [4.69, 9.17) is 4.18 Å². The monoisotopic (exact) mass is 445 g/mol. The Morgan fingerprint density at radius 1 is 1.29 bits per heavy atom. The first-order chi connectivity index (χ1) is 14.7. The summed E-state index contributed by atoms with van der Waals surface area (Å²) < 4.78 is 26.3. The fraction of sp³-hybridized carbons (Fsp3) is 0.435. The Balaban J connectivity index is 2.01. The van der Waals surface area contributed by atoms with Gasteiger partial charge in [0.1, 0.15) is 5.75 Å². The Morgan fingerprint density at radius 3 is 2.68 bits per heavy atom. The van der Waals surface area contributed by atoms with E-state index in [-0.39, 0.29) is 17.4 Å².